The average molecular weight is 342 g/mol. The molecule has 0 aliphatic heterocycles. The first-order valence-electron chi connectivity index (χ1n) is 6.92. The molecule has 0 fully saturated rings. The summed E-state index contributed by atoms with van der Waals surface area (Å²) in [4.78, 5) is 12.1. The van der Waals surface area contributed by atoms with Crippen molar-refractivity contribution in [3.63, 3.8) is 0 Å². The maximum Gasteiger partial charge on any atom is 0.137 e. The van der Waals surface area contributed by atoms with Crippen molar-refractivity contribution >= 4 is 21.7 Å². The van der Waals surface area contributed by atoms with Crippen molar-refractivity contribution in [1.82, 2.24) is 0 Å². The normalized spacial score (nSPS) is 11.4. The van der Waals surface area contributed by atoms with Gasteiger partial charge in [0.2, 0.25) is 0 Å². The molecule has 0 bridgehead atoms. The van der Waals surface area contributed by atoms with Gasteiger partial charge in [0.1, 0.15) is 11.5 Å². The first-order chi connectivity index (χ1) is 9.38. The van der Waals surface area contributed by atoms with Crippen molar-refractivity contribution in [2.24, 2.45) is 11.1 Å². The van der Waals surface area contributed by atoms with Crippen LogP contribution >= 0.6 is 15.9 Å². The summed E-state index contributed by atoms with van der Waals surface area (Å²) in [6.07, 6.45) is 2.86. The molecule has 0 saturated heterocycles. The lowest BCUT2D eigenvalue weighted by molar-refractivity contribution is -0.119. The van der Waals surface area contributed by atoms with Crippen LogP contribution in [0.1, 0.15) is 38.7 Å². The molecule has 20 heavy (non-hydrogen) atoms. The Labute approximate surface area is 130 Å². The van der Waals surface area contributed by atoms with Gasteiger partial charge >= 0.3 is 0 Å². The highest BCUT2D eigenvalue weighted by Gasteiger charge is 2.18. The molecule has 0 radical (unpaired) electrons. The number of nitrogens with two attached hydrogens (primary N) is 1. The van der Waals surface area contributed by atoms with Crippen LogP contribution in [-0.4, -0.2) is 19.4 Å². The molecule has 0 amide bonds. The van der Waals surface area contributed by atoms with Gasteiger partial charge in [0.25, 0.3) is 0 Å². The average Bonchev–Trinajstić information content (AvgIpc) is 2.39. The van der Waals surface area contributed by atoms with E-state index in [0.717, 1.165) is 28.6 Å². The van der Waals surface area contributed by atoms with Crippen LogP contribution in [-0.2, 0) is 11.2 Å². The van der Waals surface area contributed by atoms with Gasteiger partial charge in [-0.2, -0.15) is 0 Å². The molecule has 1 rings (SSSR count). The number of Topliss-reactive ketones (excluding diaryl/α,β-unsaturated/α-hetero) is 1. The highest BCUT2D eigenvalue weighted by Crippen LogP contribution is 2.27. The maximum absolute atomic E-state index is 12.1. The van der Waals surface area contributed by atoms with Gasteiger partial charge in [0, 0.05) is 17.3 Å². The maximum atomic E-state index is 12.1. The summed E-state index contributed by atoms with van der Waals surface area (Å²) in [5.41, 5.74) is 6.70. The summed E-state index contributed by atoms with van der Waals surface area (Å²) in [6.45, 7) is 4.99. The third-order valence-electron chi connectivity index (χ3n) is 3.54. The van der Waals surface area contributed by atoms with Gasteiger partial charge in [-0.05, 0) is 48.6 Å². The van der Waals surface area contributed by atoms with Crippen LogP contribution in [0.25, 0.3) is 0 Å². The minimum absolute atomic E-state index is 0.135. The number of carbonyl (C=O) groups excluding carboxylic acids is 1. The molecule has 4 heteroatoms. The van der Waals surface area contributed by atoms with Gasteiger partial charge < -0.3 is 10.5 Å². The number of hydrogen-bond donors (Lipinski definition) is 1. The first-order valence-corrected chi connectivity index (χ1v) is 7.71. The molecule has 3 nitrogen and oxygen atoms in total. The highest BCUT2D eigenvalue weighted by atomic mass is 79.9. The molecule has 1 aromatic rings. The van der Waals surface area contributed by atoms with Crippen LogP contribution < -0.4 is 10.5 Å². The Morgan fingerprint density at radius 2 is 2.05 bits per heavy atom. The number of hydrogen-bond acceptors (Lipinski definition) is 3. The predicted octanol–water partition coefficient (Wildman–Crippen LogP) is 3.72. The van der Waals surface area contributed by atoms with Crippen LogP contribution in [0.4, 0.5) is 0 Å². The van der Waals surface area contributed by atoms with Crippen molar-refractivity contribution in [3.05, 3.63) is 28.2 Å². The smallest absolute Gasteiger partial charge is 0.137 e. The van der Waals surface area contributed by atoms with E-state index >= 15 is 0 Å². The molecule has 0 heterocycles. The van der Waals surface area contributed by atoms with Crippen molar-refractivity contribution < 1.29 is 9.53 Å². The van der Waals surface area contributed by atoms with Crippen LogP contribution in [0.15, 0.2) is 22.7 Å². The number of rotatable bonds is 8. The Kier molecular flexibility index (Phi) is 6.69. The van der Waals surface area contributed by atoms with E-state index in [0.29, 0.717) is 19.4 Å². The van der Waals surface area contributed by atoms with Gasteiger partial charge in [-0.3, -0.25) is 4.79 Å². The van der Waals surface area contributed by atoms with E-state index in [2.05, 4.69) is 29.8 Å². The Morgan fingerprint density at radius 3 is 2.65 bits per heavy atom. The van der Waals surface area contributed by atoms with Crippen molar-refractivity contribution in [2.75, 3.05) is 13.7 Å². The lowest BCUT2D eigenvalue weighted by atomic mass is 9.83. The van der Waals surface area contributed by atoms with Crippen LogP contribution in [0, 0.1) is 5.41 Å². The van der Waals surface area contributed by atoms with Gasteiger partial charge in [0.05, 0.1) is 7.11 Å². The fraction of sp³-hybridized carbons (Fsp3) is 0.562. The Balaban J connectivity index is 2.58. The summed E-state index contributed by atoms with van der Waals surface area (Å²) >= 11 is 3.48. The van der Waals surface area contributed by atoms with E-state index in [1.54, 1.807) is 7.11 Å². The third-order valence-corrected chi connectivity index (χ3v) is 4.32. The predicted molar refractivity (Wildman–Crippen MR) is 86.1 cm³/mol. The molecular weight excluding hydrogens is 318 g/mol. The van der Waals surface area contributed by atoms with Gasteiger partial charge in [-0.1, -0.05) is 29.8 Å². The second-order valence-corrected chi connectivity index (χ2v) is 6.73. The number of benzene rings is 1. The molecule has 2 N–H and O–H groups in total. The Bertz CT molecular complexity index is 458. The first kappa shape index (κ1) is 17.2. The zero-order chi connectivity index (χ0) is 15.2. The monoisotopic (exact) mass is 341 g/mol. The van der Waals surface area contributed by atoms with Crippen molar-refractivity contribution in [3.8, 4) is 5.75 Å². The summed E-state index contributed by atoms with van der Waals surface area (Å²) in [7, 11) is 1.63. The molecule has 0 saturated carbocycles. The van der Waals surface area contributed by atoms with Gasteiger partial charge in [-0.25, -0.2) is 0 Å². The number of ketones is 1. The Morgan fingerprint density at radius 1 is 1.35 bits per heavy atom. The van der Waals surface area contributed by atoms with E-state index in [1.165, 1.54) is 0 Å². The SMILES string of the molecule is COc1ccc(Br)c(CC(=O)CCC(C)(C)CCN)c1. The summed E-state index contributed by atoms with van der Waals surface area (Å²) < 4.78 is 6.14. The van der Waals surface area contributed by atoms with Gasteiger partial charge in [-0.15, -0.1) is 0 Å². The fourth-order valence-electron chi connectivity index (χ4n) is 2.11. The molecule has 0 atom stereocenters. The summed E-state index contributed by atoms with van der Waals surface area (Å²) in [6, 6.07) is 5.70. The molecular formula is C16H24BrNO2. The van der Waals surface area contributed by atoms with Crippen LogP contribution in [0.3, 0.4) is 0 Å². The molecule has 0 aliphatic carbocycles. The van der Waals surface area contributed by atoms with E-state index in [-0.39, 0.29) is 11.2 Å². The van der Waals surface area contributed by atoms with Crippen LogP contribution in [0.5, 0.6) is 5.75 Å². The zero-order valence-corrected chi connectivity index (χ0v) is 14.1. The quantitative estimate of drug-likeness (QED) is 0.783. The summed E-state index contributed by atoms with van der Waals surface area (Å²) in [5.74, 6) is 1.03. The molecule has 0 aliphatic rings. The molecule has 112 valence electrons. The molecule has 0 spiro atoms. The Hall–Kier alpha value is -0.870. The highest BCUT2D eigenvalue weighted by molar-refractivity contribution is 9.10. The van der Waals surface area contributed by atoms with E-state index < -0.39 is 0 Å². The topological polar surface area (TPSA) is 52.3 Å². The number of halogens is 1. The lowest BCUT2D eigenvalue weighted by Gasteiger charge is -2.23. The van der Waals surface area contributed by atoms with E-state index in [1.807, 2.05) is 18.2 Å². The standard InChI is InChI=1S/C16H24BrNO2/c1-16(2,8-9-18)7-6-13(19)10-12-11-14(20-3)4-5-15(12)17/h4-5,11H,6-10,18H2,1-3H3. The summed E-state index contributed by atoms with van der Waals surface area (Å²) in [5, 5.41) is 0. The van der Waals surface area contributed by atoms with Crippen molar-refractivity contribution in [1.29, 1.82) is 0 Å². The van der Waals surface area contributed by atoms with E-state index in [9.17, 15) is 4.79 Å². The van der Waals surface area contributed by atoms with Crippen molar-refractivity contribution in [2.45, 2.75) is 39.5 Å². The largest absolute Gasteiger partial charge is 0.497 e. The molecule has 0 unspecified atom stereocenters. The molecule has 0 aromatic heterocycles. The minimum Gasteiger partial charge on any atom is -0.497 e. The zero-order valence-electron chi connectivity index (χ0n) is 12.5. The van der Waals surface area contributed by atoms with Gasteiger partial charge in [0.15, 0.2) is 0 Å². The van der Waals surface area contributed by atoms with E-state index in [4.69, 9.17) is 10.5 Å². The number of ether oxygens (including phenoxy) is 1. The number of methoxy groups -OCH3 is 1. The molecule has 1 aromatic carbocycles. The fourth-order valence-corrected chi connectivity index (χ4v) is 2.49. The lowest BCUT2D eigenvalue weighted by Crippen LogP contribution is -2.19. The third kappa shape index (κ3) is 5.63. The number of carbonyl (C=O) groups is 1. The second kappa shape index (κ2) is 7.79. The van der Waals surface area contributed by atoms with Crippen LogP contribution in [0.2, 0.25) is 0 Å². The minimum atomic E-state index is 0.135. The second-order valence-electron chi connectivity index (χ2n) is 5.88.